The third kappa shape index (κ3) is 2.35. The molecule has 0 aromatic heterocycles. The monoisotopic (exact) mass is 304 g/mol. The van der Waals surface area contributed by atoms with Gasteiger partial charge in [0.15, 0.2) is 0 Å². The summed E-state index contributed by atoms with van der Waals surface area (Å²) in [5.41, 5.74) is -1.88. The minimum Gasteiger partial charge on any atom is -0.311 e. The van der Waals surface area contributed by atoms with E-state index in [-0.39, 0.29) is 24.7 Å². The van der Waals surface area contributed by atoms with Crippen molar-refractivity contribution in [2.24, 2.45) is 5.92 Å². The van der Waals surface area contributed by atoms with E-state index in [0.29, 0.717) is 6.42 Å². The summed E-state index contributed by atoms with van der Waals surface area (Å²) in [6.45, 7) is 1.96. The summed E-state index contributed by atoms with van der Waals surface area (Å²) in [4.78, 5) is 13.8. The van der Waals surface area contributed by atoms with Crippen LogP contribution in [0.1, 0.15) is 58.3 Å². The van der Waals surface area contributed by atoms with Gasteiger partial charge in [0.25, 0.3) is 0 Å². The first-order valence-electron chi connectivity index (χ1n) is 8.06. The molecule has 2 unspecified atom stereocenters. The van der Waals surface area contributed by atoms with Crippen molar-refractivity contribution < 1.29 is 18.0 Å². The van der Waals surface area contributed by atoms with Crippen molar-refractivity contribution in [3.05, 3.63) is 0 Å². The quantitative estimate of drug-likeness (QED) is 0.865. The third-order valence-corrected chi connectivity index (χ3v) is 5.32. The highest BCUT2D eigenvalue weighted by Gasteiger charge is 2.71. The van der Waals surface area contributed by atoms with E-state index in [1.54, 1.807) is 0 Å². The van der Waals surface area contributed by atoms with E-state index in [2.05, 4.69) is 5.32 Å². The number of alkyl halides is 3. The molecule has 21 heavy (non-hydrogen) atoms. The Labute approximate surface area is 123 Å². The molecule has 1 heterocycles. The first-order valence-corrected chi connectivity index (χ1v) is 8.06. The number of halogens is 3. The molecule has 1 saturated heterocycles. The molecule has 0 aromatic carbocycles. The first kappa shape index (κ1) is 15.1. The smallest absolute Gasteiger partial charge is 0.311 e. The van der Waals surface area contributed by atoms with Crippen molar-refractivity contribution in [1.29, 1.82) is 0 Å². The number of nitrogens with one attached hydrogen (secondary N) is 1. The van der Waals surface area contributed by atoms with Crippen molar-refractivity contribution >= 4 is 5.91 Å². The lowest BCUT2D eigenvalue weighted by molar-refractivity contribution is -0.204. The highest BCUT2D eigenvalue weighted by molar-refractivity contribution is 5.85. The number of carbonyl (C=O) groups is 1. The zero-order chi connectivity index (χ0) is 15.3. The summed E-state index contributed by atoms with van der Waals surface area (Å²) < 4.78 is 40.4. The van der Waals surface area contributed by atoms with Crippen LogP contribution in [0.3, 0.4) is 0 Å². The van der Waals surface area contributed by atoms with E-state index in [1.807, 2.05) is 6.92 Å². The molecule has 2 atom stereocenters. The van der Waals surface area contributed by atoms with Crippen LogP contribution in [0.4, 0.5) is 13.2 Å². The molecule has 0 radical (unpaired) electrons. The number of nitrogens with zero attached hydrogens (tertiary/aromatic N) is 1. The van der Waals surface area contributed by atoms with Crippen molar-refractivity contribution in [1.82, 2.24) is 10.2 Å². The average Bonchev–Trinajstić information content (AvgIpc) is 2.92. The minimum absolute atomic E-state index is 0.0615. The molecule has 3 aliphatic rings. The van der Waals surface area contributed by atoms with Crippen LogP contribution in [-0.2, 0) is 4.79 Å². The van der Waals surface area contributed by atoms with Gasteiger partial charge < -0.3 is 4.90 Å². The fourth-order valence-electron chi connectivity index (χ4n) is 4.03. The number of hydrogen-bond acceptors (Lipinski definition) is 2. The second kappa shape index (κ2) is 5.14. The number of carbonyl (C=O) groups excluding carboxylic acids is 1. The highest BCUT2D eigenvalue weighted by atomic mass is 19.4. The SMILES string of the molecule is CCCC1NC(C2CCCC2)N(C2(C(F)(F)F)CC2)C1=O. The van der Waals surface area contributed by atoms with Gasteiger partial charge in [0.1, 0.15) is 5.54 Å². The molecule has 0 spiro atoms. The Balaban J connectivity index is 1.88. The molecular formula is C15H23F3N2O. The second-order valence-corrected chi connectivity index (χ2v) is 6.73. The Morgan fingerprint density at radius 3 is 2.38 bits per heavy atom. The molecule has 2 aliphatic carbocycles. The predicted molar refractivity (Wildman–Crippen MR) is 72.4 cm³/mol. The van der Waals surface area contributed by atoms with Crippen LogP contribution in [0.5, 0.6) is 0 Å². The molecular weight excluding hydrogens is 281 g/mol. The fraction of sp³-hybridized carbons (Fsp3) is 0.933. The molecule has 3 fully saturated rings. The van der Waals surface area contributed by atoms with Gasteiger partial charge in [0, 0.05) is 0 Å². The Morgan fingerprint density at radius 2 is 1.90 bits per heavy atom. The molecule has 2 saturated carbocycles. The summed E-state index contributed by atoms with van der Waals surface area (Å²) in [6, 6.07) is -0.430. The summed E-state index contributed by atoms with van der Waals surface area (Å²) in [5, 5.41) is 3.23. The zero-order valence-corrected chi connectivity index (χ0v) is 12.4. The first-order chi connectivity index (χ1) is 9.90. The van der Waals surface area contributed by atoms with Gasteiger partial charge >= 0.3 is 6.18 Å². The van der Waals surface area contributed by atoms with Crippen molar-refractivity contribution in [2.75, 3.05) is 0 Å². The van der Waals surface area contributed by atoms with Crippen LogP contribution >= 0.6 is 0 Å². The van der Waals surface area contributed by atoms with E-state index in [4.69, 9.17) is 0 Å². The van der Waals surface area contributed by atoms with E-state index in [1.165, 1.54) is 4.90 Å². The maximum atomic E-state index is 13.5. The lowest BCUT2D eigenvalue weighted by Gasteiger charge is -2.37. The van der Waals surface area contributed by atoms with Crippen LogP contribution in [-0.4, -0.2) is 34.7 Å². The van der Waals surface area contributed by atoms with Crippen LogP contribution in [0.15, 0.2) is 0 Å². The molecule has 1 amide bonds. The molecule has 1 N–H and O–H groups in total. The molecule has 1 aliphatic heterocycles. The number of rotatable bonds is 4. The largest absolute Gasteiger partial charge is 0.411 e. The summed E-state index contributed by atoms with van der Waals surface area (Å²) >= 11 is 0. The van der Waals surface area contributed by atoms with Gasteiger partial charge in [-0.3, -0.25) is 10.1 Å². The van der Waals surface area contributed by atoms with E-state index < -0.39 is 23.9 Å². The molecule has 0 bridgehead atoms. The maximum Gasteiger partial charge on any atom is 0.411 e. The normalized spacial score (nSPS) is 33.0. The van der Waals surface area contributed by atoms with Gasteiger partial charge in [-0.2, -0.15) is 13.2 Å². The van der Waals surface area contributed by atoms with E-state index in [0.717, 1.165) is 32.1 Å². The Kier molecular flexibility index (Phi) is 3.71. The Bertz CT molecular complexity index is 414. The summed E-state index contributed by atoms with van der Waals surface area (Å²) in [6.07, 6.45) is 0.772. The summed E-state index contributed by atoms with van der Waals surface area (Å²) in [7, 11) is 0. The van der Waals surface area contributed by atoms with Crippen LogP contribution in [0.2, 0.25) is 0 Å². The van der Waals surface area contributed by atoms with Crippen LogP contribution < -0.4 is 5.32 Å². The lowest BCUT2D eigenvalue weighted by atomic mass is 10.0. The van der Waals surface area contributed by atoms with Gasteiger partial charge in [0.05, 0.1) is 12.2 Å². The number of hydrogen-bond donors (Lipinski definition) is 1. The maximum absolute atomic E-state index is 13.5. The molecule has 0 aromatic rings. The standard InChI is InChI=1S/C15H23F3N2O/c1-2-5-11-13(21)20(14(8-9-14)15(16,17)18)12(19-11)10-6-3-4-7-10/h10-12,19H,2-9H2,1H3. The zero-order valence-electron chi connectivity index (χ0n) is 12.4. The Morgan fingerprint density at radius 1 is 1.29 bits per heavy atom. The van der Waals surface area contributed by atoms with Crippen LogP contribution in [0.25, 0.3) is 0 Å². The van der Waals surface area contributed by atoms with Gasteiger partial charge in [-0.15, -0.1) is 0 Å². The highest BCUT2D eigenvalue weighted by Crippen LogP contribution is 2.56. The topological polar surface area (TPSA) is 32.3 Å². The Hall–Kier alpha value is -0.780. The van der Waals surface area contributed by atoms with Crippen molar-refractivity contribution in [3.8, 4) is 0 Å². The molecule has 3 nitrogen and oxygen atoms in total. The van der Waals surface area contributed by atoms with Gasteiger partial charge in [-0.05, 0) is 38.0 Å². The van der Waals surface area contributed by atoms with Gasteiger partial charge in [-0.25, -0.2) is 0 Å². The molecule has 120 valence electrons. The predicted octanol–water partition coefficient (Wildman–Crippen LogP) is 3.20. The molecule has 3 rings (SSSR count). The van der Waals surface area contributed by atoms with Crippen LogP contribution in [0, 0.1) is 5.92 Å². The second-order valence-electron chi connectivity index (χ2n) is 6.73. The van der Waals surface area contributed by atoms with E-state index in [9.17, 15) is 18.0 Å². The fourth-order valence-corrected chi connectivity index (χ4v) is 4.03. The van der Waals surface area contributed by atoms with Crippen molar-refractivity contribution in [2.45, 2.75) is 82.2 Å². The summed E-state index contributed by atoms with van der Waals surface area (Å²) in [5.74, 6) is -0.154. The average molecular weight is 304 g/mol. The lowest BCUT2D eigenvalue weighted by Crippen LogP contribution is -2.55. The molecule has 6 heteroatoms. The van der Waals surface area contributed by atoms with Crippen molar-refractivity contribution in [3.63, 3.8) is 0 Å². The number of amides is 1. The van der Waals surface area contributed by atoms with Gasteiger partial charge in [-0.1, -0.05) is 26.2 Å². The van der Waals surface area contributed by atoms with E-state index >= 15 is 0 Å². The third-order valence-electron chi connectivity index (χ3n) is 5.32. The minimum atomic E-state index is -4.32. The van der Waals surface area contributed by atoms with Gasteiger partial charge in [0.2, 0.25) is 5.91 Å².